The summed E-state index contributed by atoms with van der Waals surface area (Å²) >= 11 is 3.37. The average molecular weight is 356 g/mol. The van der Waals surface area contributed by atoms with Crippen LogP contribution in [0.2, 0.25) is 0 Å². The number of phenols is 1. The maximum absolute atomic E-state index is 9.83. The maximum atomic E-state index is 9.83. The molecule has 118 valence electrons. The number of hydrogen-bond donors (Lipinski definition) is 2. The van der Waals surface area contributed by atoms with Crippen molar-refractivity contribution in [2.24, 2.45) is 5.92 Å². The second-order valence-corrected chi connectivity index (χ2v) is 6.87. The summed E-state index contributed by atoms with van der Waals surface area (Å²) in [6, 6.07) is 4.47. The lowest BCUT2D eigenvalue weighted by atomic mass is 9.83. The Morgan fingerprint density at radius 2 is 2.00 bits per heavy atom. The highest BCUT2D eigenvalue weighted by Crippen LogP contribution is 2.35. The van der Waals surface area contributed by atoms with Crippen molar-refractivity contribution in [1.29, 1.82) is 0 Å². The average Bonchev–Trinajstić information content (AvgIpc) is 2.50. The van der Waals surface area contributed by atoms with E-state index in [0.717, 1.165) is 18.0 Å². The zero-order valence-electron chi connectivity index (χ0n) is 13.0. The lowest BCUT2D eigenvalue weighted by molar-refractivity contribution is 0.277. The molecule has 0 heterocycles. The summed E-state index contributed by atoms with van der Waals surface area (Å²) in [6.07, 6.45) is 7.96. The van der Waals surface area contributed by atoms with Gasteiger partial charge in [0.25, 0.3) is 0 Å². The third kappa shape index (κ3) is 4.62. The molecule has 1 aromatic rings. The van der Waals surface area contributed by atoms with Gasteiger partial charge in [0.1, 0.15) is 0 Å². The first-order valence-electron chi connectivity index (χ1n) is 7.92. The molecular weight excluding hydrogens is 330 g/mol. The van der Waals surface area contributed by atoms with Crippen LogP contribution >= 0.6 is 15.9 Å². The van der Waals surface area contributed by atoms with E-state index in [0.29, 0.717) is 16.3 Å². The summed E-state index contributed by atoms with van der Waals surface area (Å²) in [5.41, 5.74) is 1.13. The highest BCUT2D eigenvalue weighted by Gasteiger charge is 2.20. The Morgan fingerprint density at radius 3 is 2.62 bits per heavy atom. The Bertz CT molecular complexity index is 456. The van der Waals surface area contributed by atoms with E-state index in [1.165, 1.54) is 38.5 Å². The van der Waals surface area contributed by atoms with Gasteiger partial charge < -0.3 is 15.2 Å². The highest BCUT2D eigenvalue weighted by molar-refractivity contribution is 9.10. The van der Waals surface area contributed by atoms with Crippen LogP contribution < -0.4 is 10.1 Å². The minimum atomic E-state index is 0.168. The zero-order chi connectivity index (χ0) is 15.2. The van der Waals surface area contributed by atoms with Crippen LogP contribution in [0.4, 0.5) is 0 Å². The molecule has 2 rings (SSSR count). The summed E-state index contributed by atoms with van der Waals surface area (Å²) in [5.74, 6) is 1.63. The number of ether oxygens (including phenoxy) is 1. The molecule has 0 radical (unpaired) electrons. The van der Waals surface area contributed by atoms with E-state index in [1.54, 1.807) is 7.11 Å². The fourth-order valence-corrected chi connectivity index (χ4v) is 3.70. The predicted molar refractivity (Wildman–Crippen MR) is 89.9 cm³/mol. The van der Waals surface area contributed by atoms with Gasteiger partial charge in [-0.1, -0.05) is 19.8 Å². The zero-order valence-corrected chi connectivity index (χ0v) is 14.6. The van der Waals surface area contributed by atoms with Crippen LogP contribution in [0, 0.1) is 5.92 Å². The molecule has 21 heavy (non-hydrogen) atoms. The number of methoxy groups -OCH3 is 1. The molecule has 2 N–H and O–H groups in total. The van der Waals surface area contributed by atoms with Crippen molar-refractivity contribution in [3.05, 3.63) is 22.2 Å². The number of rotatable bonds is 6. The van der Waals surface area contributed by atoms with Crippen LogP contribution in [0.3, 0.4) is 0 Å². The summed E-state index contributed by atoms with van der Waals surface area (Å²) in [7, 11) is 1.58. The van der Waals surface area contributed by atoms with Crippen molar-refractivity contribution in [3.8, 4) is 11.5 Å². The fourth-order valence-electron chi connectivity index (χ4n) is 3.21. The number of hydrogen-bond acceptors (Lipinski definition) is 3. The van der Waals surface area contributed by atoms with Crippen LogP contribution in [0.1, 0.15) is 51.0 Å². The minimum absolute atomic E-state index is 0.168. The molecule has 0 amide bonds. The Hall–Kier alpha value is -0.740. The SMILES string of the molecule is CCCC1CCC(NCc2cc(Br)c(O)c(OC)c2)CC1. The van der Waals surface area contributed by atoms with Gasteiger partial charge in [0.05, 0.1) is 11.6 Å². The van der Waals surface area contributed by atoms with E-state index < -0.39 is 0 Å². The second kappa shape index (κ2) is 8.04. The normalized spacial score (nSPS) is 22.2. The molecule has 0 atom stereocenters. The lowest BCUT2D eigenvalue weighted by Gasteiger charge is -2.29. The van der Waals surface area contributed by atoms with Crippen molar-refractivity contribution in [2.75, 3.05) is 7.11 Å². The van der Waals surface area contributed by atoms with E-state index in [9.17, 15) is 5.11 Å². The molecule has 0 spiro atoms. The molecule has 0 unspecified atom stereocenters. The third-order valence-corrected chi connectivity index (χ3v) is 5.05. The number of halogens is 1. The van der Waals surface area contributed by atoms with Crippen LogP contribution in [-0.4, -0.2) is 18.3 Å². The van der Waals surface area contributed by atoms with E-state index in [1.807, 2.05) is 12.1 Å². The molecule has 0 aromatic heterocycles. The number of nitrogens with one attached hydrogen (secondary N) is 1. The largest absolute Gasteiger partial charge is 0.503 e. The molecule has 1 aliphatic rings. The fraction of sp³-hybridized carbons (Fsp3) is 0.647. The van der Waals surface area contributed by atoms with Crippen molar-refractivity contribution < 1.29 is 9.84 Å². The molecule has 0 saturated heterocycles. The summed E-state index contributed by atoms with van der Waals surface area (Å²) in [6.45, 7) is 3.10. The van der Waals surface area contributed by atoms with Gasteiger partial charge in [0, 0.05) is 12.6 Å². The minimum Gasteiger partial charge on any atom is -0.503 e. The Morgan fingerprint density at radius 1 is 1.29 bits per heavy atom. The van der Waals surface area contributed by atoms with Gasteiger partial charge in [-0.15, -0.1) is 0 Å². The van der Waals surface area contributed by atoms with Crippen LogP contribution in [-0.2, 0) is 6.54 Å². The van der Waals surface area contributed by atoms with E-state index in [-0.39, 0.29) is 5.75 Å². The van der Waals surface area contributed by atoms with Gasteiger partial charge >= 0.3 is 0 Å². The van der Waals surface area contributed by atoms with Gasteiger partial charge in [-0.25, -0.2) is 0 Å². The monoisotopic (exact) mass is 355 g/mol. The molecule has 4 heteroatoms. The van der Waals surface area contributed by atoms with Crippen molar-refractivity contribution in [3.63, 3.8) is 0 Å². The molecule has 0 bridgehead atoms. The smallest absolute Gasteiger partial charge is 0.172 e. The molecule has 3 nitrogen and oxygen atoms in total. The molecule has 0 aliphatic heterocycles. The van der Waals surface area contributed by atoms with Crippen molar-refractivity contribution in [1.82, 2.24) is 5.32 Å². The Labute approximate surface area is 136 Å². The Kier molecular flexibility index (Phi) is 6.37. The first kappa shape index (κ1) is 16.6. The van der Waals surface area contributed by atoms with Crippen LogP contribution in [0.15, 0.2) is 16.6 Å². The van der Waals surface area contributed by atoms with Gasteiger partial charge in [0.15, 0.2) is 11.5 Å². The maximum Gasteiger partial charge on any atom is 0.172 e. The summed E-state index contributed by atoms with van der Waals surface area (Å²) in [5, 5.41) is 13.5. The molecule has 1 saturated carbocycles. The first-order valence-corrected chi connectivity index (χ1v) is 8.72. The highest BCUT2D eigenvalue weighted by atomic mass is 79.9. The van der Waals surface area contributed by atoms with E-state index >= 15 is 0 Å². The molecular formula is C17H26BrNO2. The van der Waals surface area contributed by atoms with Gasteiger partial charge in [-0.05, 0) is 65.2 Å². The number of phenolic OH excluding ortho intramolecular Hbond substituents is 1. The van der Waals surface area contributed by atoms with Crippen molar-refractivity contribution in [2.45, 2.75) is 58.0 Å². The third-order valence-electron chi connectivity index (χ3n) is 4.45. The van der Waals surface area contributed by atoms with Crippen LogP contribution in [0.25, 0.3) is 0 Å². The Balaban J connectivity index is 1.85. The van der Waals surface area contributed by atoms with Crippen molar-refractivity contribution >= 4 is 15.9 Å². The summed E-state index contributed by atoms with van der Waals surface area (Å²) in [4.78, 5) is 0. The molecule has 1 fully saturated rings. The molecule has 1 aromatic carbocycles. The predicted octanol–water partition coefficient (Wildman–Crippen LogP) is 4.61. The topological polar surface area (TPSA) is 41.5 Å². The lowest BCUT2D eigenvalue weighted by Crippen LogP contribution is -2.32. The van der Waals surface area contributed by atoms with Crippen LogP contribution in [0.5, 0.6) is 11.5 Å². The standard InChI is InChI=1S/C17H26BrNO2/c1-3-4-12-5-7-14(8-6-12)19-11-13-9-15(18)17(20)16(10-13)21-2/h9-10,12,14,19-20H,3-8,11H2,1-2H3. The van der Waals surface area contributed by atoms with E-state index in [2.05, 4.69) is 28.2 Å². The first-order chi connectivity index (χ1) is 10.1. The van der Waals surface area contributed by atoms with E-state index in [4.69, 9.17) is 4.74 Å². The molecule has 1 aliphatic carbocycles. The second-order valence-electron chi connectivity index (χ2n) is 6.02. The number of aromatic hydroxyl groups is 1. The van der Waals surface area contributed by atoms with Gasteiger partial charge in [-0.2, -0.15) is 0 Å². The quantitative estimate of drug-likeness (QED) is 0.782. The van der Waals surface area contributed by atoms with Gasteiger partial charge in [0.2, 0.25) is 0 Å². The van der Waals surface area contributed by atoms with Gasteiger partial charge in [-0.3, -0.25) is 0 Å². The number of benzene rings is 1. The summed E-state index contributed by atoms with van der Waals surface area (Å²) < 4.78 is 5.88.